The number of anilines is 2. The molecule has 0 radical (unpaired) electrons. The summed E-state index contributed by atoms with van der Waals surface area (Å²) in [6.07, 6.45) is 5.26. The second-order valence-corrected chi connectivity index (χ2v) is 8.77. The van der Waals surface area contributed by atoms with E-state index in [9.17, 15) is 13.2 Å². The van der Waals surface area contributed by atoms with Gasteiger partial charge in [-0.05, 0) is 24.6 Å². The SMILES string of the molecule is O=C(NC1CCS(=O)(=O)C1)c1cncc(Nc2cccc3cccnc23)c1. The Kier molecular flexibility index (Phi) is 4.49. The van der Waals surface area contributed by atoms with Gasteiger partial charge in [-0.3, -0.25) is 14.8 Å². The van der Waals surface area contributed by atoms with Crippen LogP contribution in [0.4, 0.5) is 11.4 Å². The number of carbonyl (C=O) groups excluding carboxylic acids is 1. The number of sulfone groups is 1. The summed E-state index contributed by atoms with van der Waals surface area (Å²) in [7, 11) is -3.04. The van der Waals surface area contributed by atoms with Gasteiger partial charge in [-0.25, -0.2) is 8.42 Å². The fourth-order valence-corrected chi connectivity index (χ4v) is 4.84. The van der Waals surface area contributed by atoms with Crippen molar-refractivity contribution < 1.29 is 13.2 Å². The molecule has 1 amide bonds. The molecule has 3 aromatic rings. The molecule has 8 heteroatoms. The van der Waals surface area contributed by atoms with Gasteiger partial charge in [0.25, 0.3) is 5.91 Å². The molecule has 1 aromatic carbocycles. The zero-order valence-electron chi connectivity index (χ0n) is 14.4. The molecule has 27 heavy (non-hydrogen) atoms. The normalized spacial score (nSPS) is 18.3. The predicted octanol–water partition coefficient (Wildman–Crippen LogP) is 2.29. The van der Waals surface area contributed by atoms with E-state index in [4.69, 9.17) is 0 Å². The number of rotatable bonds is 4. The van der Waals surface area contributed by atoms with Crippen LogP contribution in [0.5, 0.6) is 0 Å². The molecule has 1 fully saturated rings. The van der Waals surface area contributed by atoms with Gasteiger partial charge in [0.1, 0.15) is 0 Å². The molecule has 1 aliphatic heterocycles. The predicted molar refractivity (Wildman–Crippen MR) is 104 cm³/mol. The van der Waals surface area contributed by atoms with E-state index in [1.54, 1.807) is 18.5 Å². The number of aromatic nitrogens is 2. The first-order valence-electron chi connectivity index (χ1n) is 8.57. The number of benzene rings is 1. The highest BCUT2D eigenvalue weighted by Gasteiger charge is 2.29. The minimum Gasteiger partial charge on any atom is -0.352 e. The summed E-state index contributed by atoms with van der Waals surface area (Å²) in [5, 5.41) is 7.03. The van der Waals surface area contributed by atoms with Crippen LogP contribution in [0.25, 0.3) is 10.9 Å². The van der Waals surface area contributed by atoms with Gasteiger partial charge in [-0.1, -0.05) is 18.2 Å². The summed E-state index contributed by atoms with van der Waals surface area (Å²) in [6, 6.07) is 11.0. The van der Waals surface area contributed by atoms with Crippen LogP contribution >= 0.6 is 0 Å². The Morgan fingerprint density at radius 2 is 2.00 bits per heavy atom. The van der Waals surface area contributed by atoms with Crippen LogP contribution in [0, 0.1) is 0 Å². The molecule has 0 saturated carbocycles. The lowest BCUT2D eigenvalue weighted by atomic mass is 10.1. The topological polar surface area (TPSA) is 101 Å². The number of nitrogens with one attached hydrogen (secondary N) is 2. The fraction of sp³-hybridized carbons (Fsp3) is 0.211. The Morgan fingerprint density at radius 3 is 2.81 bits per heavy atom. The molecule has 3 heterocycles. The molecule has 0 spiro atoms. The van der Waals surface area contributed by atoms with Crippen LogP contribution < -0.4 is 10.6 Å². The third-order valence-electron chi connectivity index (χ3n) is 4.48. The van der Waals surface area contributed by atoms with E-state index in [2.05, 4.69) is 20.6 Å². The van der Waals surface area contributed by atoms with Gasteiger partial charge in [0, 0.05) is 23.8 Å². The average molecular weight is 382 g/mol. The first kappa shape index (κ1) is 17.4. The third kappa shape index (κ3) is 3.90. The molecular weight excluding hydrogens is 364 g/mol. The van der Waals surface area contributed by atoms with Crippen LogP contribution in [-0.4, -0.2) is 41.8 Å². The largest absolute Gasteiger partial charge is 0.352 e. The van der Waals surface area contributed by atoms with E-state index in [1.165, 1.54) is 6.20 Å². The van der Waals surface area contributed by atoms with E-state index in [0.29, 0.717) is 17.7 Å². The summed E-state index contributed by atoms with van der Waals surface area (Å²) >= 11 is 0. The number of carbonyl (C=O) groups is 1. The van der Waals surface area contributed by atoms with Gasteiger partial charge in [0.2, 0.25) is 0 Å². The molecule has 1 atom stereocenters. The highest BCUT2D eigenvalue weighted by atomic mass is 32.2. The van der Waals surface area contributed by atoms with Crippen molar-refractivity contribution in [2.75, 3.05) is 16.8 Å². The Balaban J connectivity index is 1.53. The number of hydrogen-bond acceptors (Lipinski definition) is 6. The zero-order chi connectivity index (χ0) is 18.9. The minimum atomic E-state index is -3.04. The van der Waals surface area contributed by atoms with Crippen LogP contribution in [-0.2, 0) is 9.84 Å². The third-order valence-corrected chi connectivity index (χ3v) is 6.25. The summed E-state index contributed by atoms with van der Waals surface area (Å²) in [6.45, 7) is 0. The lowest BCUT2D eigenvalue weighted by molar-refractivity contribution is 0.0941. The van der Waals surface area contributed by atoms with E-state index >= 15 is 0 Å². The molecule has 4 rings (SSSR count). The van der Waals surface area contributed by atoms with Crippen molar-refractivity contribution in [3.8, 4) is 0 Å². The Bertz CT molecular complexity index is 1110. The maximum Gasteiger partial charge on any atom is 0.253 e. The van der Waals surface area contributed by atoms with Crippen molar-refractivity contribution in [2.24, 2.45) is 0 Å². The second-order valence-electron chi connectivity index (χ2n) is 6.54. The van der Waals surface area contributed by atoms with Crippen LogP contribution in [0.1, 0.15) is 16.8 Å². The van der Waals surface area contributed by atoms with Gasteiger partial charge >= 0.3 is 0 Å². The smallest absolute Gasteiger partial charge is 0.253 e. The Hall–Kier alpha value is -3.00. The lowest BCUT2D eigenvalue weighted by Gasteiger charge is -2.12. The molecule has 7 nitrogen and oxygen atoms in total. The van der Waals surface area contributed by atoms with E-state index in [-0.39, 0.29) is 23.5 Å². The molecular formula is C19H18N4O3S. The quantitative estimate of drug-likeness (QED) is 0.718. The molecule has 2 aromatic heterocycles. The first-order chi connectivity index (χ1) is 13.0. The van der Waals surface area contributed by atoms with E-state index in [1.807, 2.05) is 30.3 Å². The molecule has 0 aliphatic carbocycles. The van der Waals surface area contributed by atoms with Crippen molar-refractivity contribution in [1.82, 2.24) is 15.3 Å². The van der Waals surface area contributed by atoms with Gasteiger partial charge in [0.05, 0.1) is 40.2 Å². The second kappa shape index (κ2) is 6.96. The standard InChI is InChI=1S/C19H18N4O3S/c24-19(23-15-6-8-27(25,26)12-15)14-9-16(11-20-10-14)22-17-5-1-3-13-4-2-7-21-18(13)17/h1-5,7,9-11,15,22H,6,8,12H2,(H,23,24). The number of nitrogens with zero attached hydrogens (tertiary/aromatic N) is 2. The molecule has 1 aliphatic rings. The van der Waals surface area contributed by atoms with E-state index in [0.717, 1.165) is 16.6 Å². The molecule has 1 unspecified atom stereocenters. The van der Waals surface area contributed by atoms with Crippen molar-refractivity contribution in [2.45, 2.75) is 12.5 Å². The summed E-state index contributed by atoms with van der Waals surface area (Å²) in [5.74, 6) is -0.221. The molecule has 0 bridgehead atoms. The van der Waals surface area contributed by atoms with Crippen molar-refractivity contribution >= 4 is 38.0 Å². The molecule has 138 valence electrons. The maximum atomic E-state index is 12.4. The monoisotopic (exact) mass is 382 g/mol. The number of pyridine rings is 2. The summed E-state index contributed by atoms with van der Waals surface area (Å²) in [4.78, 5) is 21.0. The van der Waals surface area contributed by atoms with Crippen molar-refractivity contribution in [1.29, 1.82) is 0 Å². The van der Waals surface area contributed by atoms with Crippen molar-refractivity contribution in [3.63, 3.8) is 0 Å². The number of amides is 1. The zero-order valence-corrected chi connectivity index (χ0v) is 15.2. The van der Waals surface area contributed by atoms with Crippen LogP contribution in [0.15, 0.2) is 55.0 Å². The highest BCUT2D eigenvalue weighted by molar-refractivity contribution is 7.91. The van der Waals surface area contributed by atoms with Crippen LogP contribution in [0.3, 0.4) is 0 Å². The van der Waals surface area contributed by atoms with Gasteiger partial charge < -0.3 is 10.6 Å². The lowest BCUT2D eigenvalue weighted by Crippen LogP contribution is -2.35. The number of fused-ring (bicyclic) bond motifs is 1. The maximum absolute atomic E-state index is 12.4. The average Bonchev–Trinajstić information content (AvgIpc) is 3.00. The van der Waals surface area contributed by atoms with Gasteiger partial charge in [0.15, 0.2) is 9.84 Å². The van der Waals surface area contributed by atoms with E-state index < -0.39 is 9.84 Å². The number of para-hydroxylation sites is 1. The fourth-order valence-electron chi connectivity index (χ4n) is 3.17. The number of hydrogen-bond donors (Lipinski definition) is 2. The highest BCUT2D eigenvalue weighted by Crippen LogP contribution is 2.24. The first-order valence-corrected chi connectivity index (χ1v) is 10.4. The Morgan fingerprint density at radius 1 is 1.15 bits per heavy atom. The summed E-state index contributed by atoms with van der Waals surface area (Å²) < 4.78 is 23.1. The molecule has 1 saturated heterocycles. The van der Waals surface area contributed by atoms with Gasteiger partial charge in [-0.15, -0.1) is 0 Å². The Labute approximate surface area is 156 Å². The molecule has 2 N–H and O–H groups in total. The summed E-state index contributed by atoms with van der Waals surface area (Å²) in [5.41, 5.74) is 2.66. The van der Waals surface area contributed by atoms with Gasteiger partial charge in [-0.2, -0.15) is 0 Å². The minimum absolute atomic E-state index is 0.00815. The van der Waals surface area contributed by atoms with Crippen molar-refractivity contribution in [3.05, 3.63) is 60.6 Å². The van der Waals surface area contributed by atoms with Crippen LogP contribution in [0.2, 0.25) is 0 Å².